The second kappa shape index (κ2) is 3.90. The second-order valence-electron chi connectivity index (χ2n) is 3.55. The minimum Gasteiger partial charge on any atom is -0.305 e. The van der Waals surface area contributed by atoms with Gasteiger partial charge in [0.15, 0.2) is 0 Å². The Morgan fingerprint density at radius 1 is 1.38 bits per heavy atom. The maximum Gasteiger partial charge on any atom is 0.0610 e. The van der Waals surface area contributed by atoms with Gasteiger partial charge in [0.25, 0.3) is 0 Å². The predicted octanol–water partition coefficient (Wildman–Crippen LogP) is 1.44. The summed E-state index contributed by atoms with van der Waals surface area (Å²) in [5.74, 6) is 0. The van der Waals surface area contributed by atoms with Crippen molar-refractivity contribution in [1.29, 1.82) is 0 Å². The number of hydrogen-bond donors (Lipinski definition) is 1. The van der Waals surface area contributed by atoms with Crippen LogP contribution in [0.2, 0.25) is 0 Å². The van der Waals surface area contributed by atoms with E-state index in [9.17, 15) is 0 Å². The first-order valence-electron chi connectivity index (χ1n) is 4.85. The maximum absolute atomic E-state index is 3.30. The highest BCUT2D eigenvalue weighted by Crippen LogP contribution is 2.17. The third kappa shape index (κ3) is 1.90. The average molecular weight is 176 g/mol. The average Bonchev–Trinajstić information content (AvgIpc) is 2.15. The minimum atomic E-state index is 0.597. The molecule has 1 heterocycles. The molecule has 0 amide bonds. The number of nitrogens with one attached hydrogen (secondary N) is 1. The van der Waals surface area contributed by atoms with Gasteiger partial charge in [0.2, 0.25) is 0 Å². The first-order chi connectivity index (χ1) is 6.40. The highest BCUT2D eigenvalue weighted by molar-refractivity contribution is 5.14. The SMILES string of the molecule is CNC1CCN1Cc1ccccc1. The summed E-state index contributed by atoms with van der Waals surface area (Å²) >= 11 is 0. The number of likely N-dealkylation sites (tertiary alicyclic amines) is 1. The van der Waals surface area contributed by atoms with Gasteiger partial charge in [0, 0.05) is 13.1 Å². The van der Waals surface area contributed by atoms with E-state index in [1.54, 1.807) is 0 Å². The van der Waals surface area contributed by atoms with Crippen molar-refractivity contribution in [2.75, 3.05) is 13.6 Å². The van der Waals surface area contributed by atoms with Crippen LogP contribution in [0.25, 0.3) is 0 Å². The van der Waals surface area contributed by atoms with E-state index in [0.29, 0.717) is 6.17 Å². The molecule has 2 rings (SSSR count). The van der Waals surface area contributed by atoms with Crippen LogP contribution < -0.4 is 5.32 Å². The summed E-state index contributed by atoms with van der Waals surface area (Å²) in [6, 6.07) is 10.6. The highest BCUT2D eigenvalue weighted by Gasteiger charge is 2.25. The van der Waals surface area contributed by atoms with Crippen LogP contribution in [0.3, 0.4) is 0 Å². The largest absolute Gasteiger partial charge is 0.305 e. The molecule has 0 bridgehead atoms. The van der Waals surface area contributed by atoms with Crippen molar-refractivity contribution in [2.24, 2.45) is 0 Å². The number of rotatable bonds is 3. The third-order valence-electron chi connectivity index (χ3n) is 2.69. The first-order valence-corrected chi connectivity index (χ1v) is 4.85. The molecule has 0 radical (unpaired) electrons. The van der Waals surface area contributed by atoms with Crippen LogP contribution in [0.4, 0.5) is 0 Å². The molecule has 1 N–H and O–H groups in total. The Morgan fingerprint density at radius 3 is 2.69 bits per heavy atom. The van der Waals surface area contributed by atoms with Crippen molar-refractivity contribution in [3.8, 4) is 0 Å². The van der Waals surface area contributed by atoms with Gasteiger partial charge in [-0.3, -0.25) is 4.90 Å². The van der Waals surface area contributed by atoms with Crippen molar-refractivity contribution in [3.63, 3.8) is 0 Å². The van der Waals surface area contributed by atoms with E-state index in [0.717, 1.165) is 6.54 Å². The quantitative estimate of drug-likeness (QED) is 0.749. The number of nitrogens with zero attached hydrogens (tertiary/aromatic N) is 1. The monoisotopic (exact) mass is 176 g/mol. The fourth-order valence-electron chi connectivity index (χ4n) is 1.77. The van der Waals surface area contributed by atoms with Crippen molar-refractivity contribution in [3.05, 3.63) is 35.9 Å². The van der Waals surface area contributed by atoms with E-state index >= 15 is 0 Å². The van der Waals surface area contributed by atoms with Gasteiger partial charge in [-0.1, -0.05) is 30.3 Å². The van der Waals surface area contributed by atoms with Gasteiger partial charge in [-0.2, -0.15) is 0 Å². The Kier molecular flexibility index (Phi) is 2.62. The van der Waals surface area contributed by atoms with Crippen LogP contribution in [0, 0.1) is 0 Å². The van der Waals surface area contributed by atoms with Crippen LogP contribution in [0.1, 0.15) is 12.0 Å². The number of hydrogen-bond acceptors (Lipinski definition) is 2. The standard InChI is InChI=1S/C11H16N2/c1-12-11-7-8-13(11)9-10-5-3-2-4-6-10/h2-6,11-12H,7-9H2,1H3. The summed E-state index contributed by atoms with van der Waals surface area (Å²) in [6.45, 7) is 2.30. The zero-order chi connectivity index (χ0) is 9.10. The molecule has 1 aliphatic rings. The fourth-order valence-corrected chi connectivity index (χ4v) is 1.77. The molecule has 1 fully saturated rings. The molecule has 1 unspecified atom stereocenters. The Balaban J connectivity index is 1.92. The summed E-state index contributed by atoms with van der Waals surface area (Å²) in [7, 11) is 2.03. The summed E-state index contributed by atoms with van der Waals surface area (Å²) in [5, 5.41) is 3.30. The van der Waals surface area contributed by atoms with Crippen molar-refractivity contribution in [1.82, 2.24) is 10.2 Å². The third-order valence-corrected chi connectivity index (χ3v) is 2.69. The molecule has 13 heavy (non-hydrogen) atoms. The van der Waals surface area contributed by atoms with E-state index in [1.807, 2.05) is 7.05 Å². The highest BCUT2D eigenvalue weighted by atomic mass is 15.3. The summed E-state index contributed by atoms with van der Waals surface area (Å²) < 4.78 is 0. The van der Waals surface area contributed by atoms with Gasteiger partial charge in [-0.05, 0) is 19.0 Å². The predicted molar refractivity (Wildman–Crippen MR) is 54.3 cm³/mol. The molecule has 70 valence electrons. The lowest BCUT2D eigenvalue weighted by molar-refractivity contribution is 0.0622. The molecule has 0 saturated carbocycles. The molecule has 2 nitrogen and oxygen atoms in total. The minimum absolute atomic E-state index is 0.597. The Labute approximate surface area is 79.6 Å². The van der Waals surface area contributed by atoms with E-state index in [1.165, 1.54) is 18.5 Å². The van der Waals surface area contributed by atoms with Crippen LogP contribution in [-0.4, -0.2) is 24.7 Å². The molecular weight excluding hydrogens is 160 g/mol. The van der Waals surface area contributed by atoms with E-state index < -0.39 is 0 Å². The van der Waals surface area contributed by atoms with Crippen molar-refractivity contribution in [2.45, 2.75) is 19.1 Å². The normalized spacial score (nSPS) is 22.7. The zero-order valence-electron chi connectivity index (χ0n) is 8.03. The van der Waals surface area contributed by atoms with Crippen LogP contribution in [-0.2, 0) is 6.54 Å². The molecule has 1 atom stereocenters. The lowest BCUT2D eigenvalue weighted by atomic mass is 10.1. The Bertz CT molecular complexity index is 256. The van der Waals surface area contributed by atoms with Crippen LogP contribution >= 0.6 is 0 Å². The zero-order valence-corrected chi connectivity index (χ0v) is 8.03. The van der Waals surface area contributed by atoms with Crippen LogP contribution in [0.5, 0.6) is 0 Å². The molecule has 0 aliphatic carbocycles. The smallest absolute Gasteiger partial charge is 0.0610 e. The molecule has 1 aromatic carbocycles. The molecular formula is C11H16N2. The van der Waals surface area contributed by atoms with Gasteiger partial charge < -0.3 is 5.32 Å². The van der Waals surface area contributed by atoms with E-state index in [-0.39, 0.29) is 0 Å². The van der Waals surface area contributed by atoms with Gasteiger partial charge in [-0.15, -0.1) is 0 Å². The Morgan fingerprint density at radius 2 is 2.15 bits per heavy atom. The topological polar surface area (TPSA) is 15.3 Å². The fraction of sp³-hybridized carbons (Fsp3) is 0.455. The summed E-state index contributed by atoms with van der Waals surface area (Å²) in [4.78, 5) is 2.45. The van der Waals surface area contributed by atoms with Gasteiger partial charge in [0.1, 0.15) is 0 Å². The maximum atomic E-state index is 3.30. The first kappa shape index (κ1) is 8.73. The van der Waals surface area contributed by atoms with E-state index in [2.05, 4.69) is 40.5 Å². The summed E-state index contributed by atoms with van der Waals surface area (Å²) in [5.41, 5.74) is 1.41. The van der Waals surface area contributed by atoms with Gasteiger partial charge in [-0.25, -0.2) is 0 Å². The van der Waals surface area contributed by atoms with Crippen LogP contribution in [0.15, 0.2) is 30.3 Å². The lowest BCUT2D eigenvalue weighted by Crippen LogP contribution is -2.53. The second-order valence-corrected chi connectivity index (χ2v) is 3.55. The molecule has 1 aromatic rings. The van der Waals surface area contributed by atoms with E-state index in [4.69, 9.17) is 0 Å². The Hall–Kier alpha value is -0.860. The van der Waals surface area contributed by atoms with Gasteiger partial charge in [0.05, 0.1) is 6.17 Å². The molecule has 0 aromatic heterocycles. The molecule has 2 heteroatoms. The van der Waals surface area contributed by atoms with Crippen molar-refractivity contribution >= 4 is 0 Å². The lowest BCUT2D eigenvalue weighted by Gasteiger charge is -2.40. The van der Waals surface area contributed by atoms with Crippen molar-refractivity contribution < 1.29 is 0 Å². The molecule has 1 aliphatic heterocycles. The number of benzene rings is 1. The summed E-state index contributed by atoms with van der Waals surface area (Å²) in [6.07, 6.45) is 1.88. The molecule has 0 spiro atoms. The molecule has 1 saturated heterocycles. The van der Waals surface area contributed by atoms with Gasteiger partial charge >= 0.3 is 0 Å².